The molecule has 3 aliphatic heterocycles. The number of likely N-dealkylation sites (tertiary alicyclic amines) is 1. The molecular weight excluding hydrogens is 428 g/mol. The van der Waals surface area contributed by atoms with Crippen LogP contribution in [0, 0.1) is 18.8 Å². The second-order valence-corrected chi connectivity index (χ2v) is 10.5. The van der Waals surface area contributed by atoms with Gasteiger partial charge in [0.05, 0.1) is 5.92 Å². The van der Waals surface area contributed by atoms with Crippen LogP contribution < -0.4 is 15.5 Å². The fourth-order valence-corrected chi connectivity index (χ4v) is 5.81. The summed E-state index contributed by atoms with van der Waals surface area (Å²) >= 11 is 0. The number of nitrogens with one attached hydrogen (secondary N) is 2. The van der Waals surface area contributed by atoms with E-state index < -0.39 is 0 Å². The predicted molar refractivity (Wildman–Crippen MR) is 135 cm³/mol. The van der Waals surface area contributed by atoms with Gasteiger partial charge in [0.1, 0.15) is 0 Å². The van der Waals surface area contributed by atoms with E-state index in [1.807, 2.05) is 11.9 Å². The van der Waals surface area contributed by atoms with Crippen molar-refractivity contribution in [1.82, 2.24) is 15.5 Å². The van der Waals surface area contributed by atoms with E-state index in [0.717, 1.165) is 63.2 Å². The van der Waals surface area contributed by atoms with Crippen LogP contribution in [0.5, 0.6) is 0 Å². The molecule has 0 spiro atoms. The van der Waals surface area contributed by atoms with E-state index in [-0.39, 0.29) is 29.7 Å². The first-order chi connectivity index (χ1) is 16.3. The number of carbonyl (C=O) groups excluding carboxylic acids is 2. The lowest BCUT2D eigenvalue weighted by atomic mass is 9.83. The van der Waals surface area contributed by atoms with Gasteiger partial charge in [0.2, 0.25) is 5.91 Å². The van der Waals surface area contributed by atoms with Crippen molar-refractivity contribution in [3.8, 4) is 0 Å². The van der Waals surface area contributed by atoms with Crippen molar-refractivity contribution < 1.29 is 14.3 Å². The number of hydrogen-bond donors (Lipinski definition) is 2. The molecular formula is C27H42N4O3. The summed E-state index contributed by atoms with van der Waals surface area (Å²) in [5.74, 6) is 0.590. The lowest BCUT2D eigenvalue weighted by Crippen LogP contribution is -2.51. The summed E-state index contributed by atoms with van der Waals surface area (Å²) < 4.78 is 5.60. The Morgan fingerprint density at radius 1 is 1.24 bits per heavy atom. The highest BCUT2D eigenvalue weighted by Crippen LogP contribution is 2.34. The van der Waals surface area contributed by atoms with Gasteiger partial charge in [-0.25, -0.2) is 0 Å². The zero-order valence-electron chi connectivity index (χ0n) is 21.5. The number of amides is 2. The van der Waals surface area contributed by atoms with Crippen molar-refractivity contribution in [1.29, 1.82) is 0 Å². The lowest BCUT2D eigenvalue weighted by molar-refractivity contribution is -0.141. The molecule has 34 heavy (non-hydrogen) atoms. The predicted octanol–water partition coefficient (Wildman–Crippen LogP) is 2.92. The maximum Gasteiger partial charge on any atom is 0.251 e. The molecule has 1 aromatic rings. The molecule has 7 heteroatoms. The fraction of sp³-hybridized carbons (Fsp3) is 0.704. The molecule has 0 bridgehead atoms. The van der Waals surface area contributed by atoms with Crippen molar-refractivity contribution in [3.05, 3.63) is 28.8 Å². The van der Waals surface area contributed by atoms with Gasteiger partial charge in [-0.3, -0.25) is 9.59 Å². The summed E-state index contributed by atoms with van der Waals surface area (Å²) in [6, 6.07) is 5.07. The van der Waals surface area contributed by atoms with Crippen molar-refractivity contribution in [2.24, 2.45) is 11.8 Å². The highest BCUT2D eigenvalue weighted by atomic mass is 16.5. The van der Waals surface area contributed by atoms with E-state index in [1.54, 1.807) is 0 Å². The maximum atomic E-state index is 13.5. The quantitative estimate of drug-likeness (QED) is 0.641. The summed E-state index contributed by atoms with van der Waals surface area (Å²) in [6.45, 7) is 13.2. The molecule has 2 N–H and O–H groups in total. The summed E-state index contributed by atoms with van der Waals surface area (Å²) in [5.41, 5.74) is 4.16. The van der Waals surface area contributed by atoms with E-state index in [0.29, 0.717) is 18.5 Å². The molecule has 1 aromatic carbocycles. The summed E-state index contributed by atoms with van der Waals surface area (Å²) in [7, 11) is 1.87. The zero-order chi connectivity index (χ0) is 24.4. The number of ether oxygens (including phenoxy) is 1. The van der Waals surface area contributed by atoms with Gasteiger partial charge < -0.3 is 25.2 Å². The molecule has 7 nitrogen and oxygen atoms in total. The van der Waals surface area contributed by atoms with Gasteiger partial charge in [-0.05, 0) is 69.2 Å². The van der Waals surface area contributed by atoms with Crippen LogP contribution in [0.3, 0.4) is 0 Å². The molecule has 3 saturated heterocycles. The van der Waals surface area contributed by atoms with E-state index in [4.69, 9.17) is 4.74 Å². The third-order valence-corrected chi connectivity index (χ3v) is 8.39. The first-order valence-corrected chi connectivity index (χ1v) is 13.1. The van der Waals surface area contributed by atoms with Crippen molar-refractivity contribution in [2.75, 3.05) is 51.3 Å². The van der Waals surface area contributed by atoms with Gasteiger partial charge in [0, 0.05) is 75.7 Å². The second kappa shape index (κ2) is 10.6. The number of anilines is 1. The van der Waals surface area contributed by atoms with Gasteiger partial charge in [-0.1, -0.05) is 6.92 Å². The Morgan fingerprint density at radius 2 is 1.94 bits per heavy atom. The number of hydrogen-bond acceptors (Lipinski definition) is 5. The Labute approximate surface area is 204 Å². The van der Waals surface area contributed by atoms with Crippen LogP contribution in [-0.4, -0.2) is 75.2 Å². The van der Waals surface area contributed by atoms with Crippen LogP contribution in [0.15, 0.2) is 12.1 Å². The molecule has 188 valence electrons. The Balaban J connectivity index is 1.58. The number of nitrogens with zero attached hydrogens (tertiary/aromatic N) is 2. The van der Waals surface area contributed by atoms with Gasteiger partial charge >= 0.3 is 0 Å². The Morgan fingerprint density at radius 3 is 2.56 bits per heavy atom. The fourth-order valence-electron chi connectivity index (χ4n) is 5.81. The third kappa shape index (κ3) is 4.96. The first-order valence-electron chi connectivity index (χ1n) is 13.1. The number of benzene rings is 1. The van der Waals surface area contributed by atoms with Crippen molar-refractivity contribution in [2.45, 2.75) is 65.0 Å². The van der Waals surface area contributed by atoms with Crippen LogP contribution in [0.1, 0.15) is 67.4 Å². The van der Waals surface area contributed by atoms with Gasteiger partial charge in [-0.15, -0.1) is 0 Å². The molecule has 0 aromatic heterocycles. The van der Waals surface area contributed by atoms with Gasteiger partial charge in [-0.2, -0.15) is 0 Å². The summed E-state index contributed by atoms with van der Waals surface area (Å²) in [4.78, 5) is 30.7. The second-order valence-electron chi connectivity index (χ2n) is 10.5. The highest BCUT2D eigenvalue weighted by molar-refractivity contribution is 5.98. The van der Waals surface area contributed by atoms with Crippen LogP contribution in [0.4, 0.5) is 5.69 Å². The SMILES string of the molecule is CCN(c1cc(C2CNC2)cc(C(=O)NCC2C(=O)N(C)C(C)CC2C)c1C)C1CCOCC1. The third-order valence-electron chi connectivity index (χ3n) is 8.39. The minimum Gasteiger partial charge on any atom is -0.381 e. The molecule has 4 rings (SSSR count). The normalized spacial score (nSPS) is 26.3. The lowest BCUT2D eigenvalue weighted by Gasteiger charge is -2.39. The monoisotopic (exact) mass is 470 g/mol. The minimum atomic E-state index is -0.168. The zero-order valence-corrected chi connectivity index (χ0v) is 21.5. The van der Waals surface area contributed by atoms with E-state index in [2.05, 4.69) is 55.4 Å². The molecule has 0 aliphatic carbocycles. The van der Waals surface area contributed by atoms with E-state index in [9.17, 15) is 9.59 Å². The van der Waals surface area contributed by atoms with Crippen LogP contribution >= 0.6 is 0 Å². The average molecular weight is 471 g/mol. The highest BCUT2D eigenvalue weighted by Gasteiger charge is 2.36. The molecule has 0 radical (unpaired) electrons. The van der Waals surface area contributed by atoms with E-state index in [1.165, 1.54) is 11.3 Å². The molecule has 3 heterocycles. The first kappa shape index (κ1) is 25.0. The Hall–Kier alpha value is -2.12. The van der Waals surface area contributed by atoms with Gasteiger partial charge in [0.25, 0.3) is 5.91 Å². The molecule has 3 unspecified atom stereocenters. The Bertz CT molecular complexity index is 894. The number of carbonyl (C=O) groups is 2. The van der Waals surface area contributed by atoms with E-state index >= 15 is 0 Å². The largest absolute Gasteiger partial charge is 0.381 e. The average Bonchev–Trinajstić information content (AvgIpc) is 2.79. The van der Waals surface area contributed by atoms with Crippen molar-refractivity contribution in [3.63, 3.8) is 0 Å². The topological polar surface area (TPSA) is 73.9 Å². The molecule has 2 amide bonds. The van der Waals surface area contributed by atoms with Crippen LogP contribution in [0.2, 0.25) is 0 Å². The standard InChI is InChI=1S/C27H42N4O3/c1-6-31(22-7-9-34-10-8-22)25-13-20(21-14-28-15-21)12-23(19(25)4)26(32)29-16-24-17(2)11-18(3)30(5)27(24)33/h12-13,17-18,21-22,24,28H,6-11,14-16H2,1-5H3,(H,29,32). The number of piperidine rings is 1. The van der Waals surface area contributed by atoms with Crippen LogP contribution in [-0.2, 0) is 9.53 Å². The molecule has 3 fully saturated rings. The smallest absolute Gasteiger partial charge is 0.251 e. The van der Waals surface area contributed by atoms with Crippen molar-refractivity contribution >= 4 is 17.5 Å². The van der Waals surface area contributed by atoms with Crippen LogP contribution in [0.25, 0.3) is 0 Å². The maximum absolute atomic E-state index is 13.5. The Kier molecular flexibility index (Phi) is 7.83. The molecule has 3 aliphatic rings. The molecule has 3 atom stereocenters. The number of rotatable bonds is 7. The summed E-state index contributed by atoms with van der Waals surface area (Å²) in [6.07, 6.45) is 2.99. The summed E-state index contributed by atoms with van der Waals surface area (Å²) in [5, 5.41) is 6.49. The minimum absolute atomic E-state index is 0.0720. The molecule has 0 saturated carbocycles. The van der Waals surface area contributed by atoms with Gasteiger partial charge in [0.15, 0.2) is 0 Å².